The molecule has 0 bridgehead atoms. The second-order valence-electron chi connectivity index (χ2n) is 4.40. The number of rotatable bonds is 4. The van der Waals surface area contributed by atoms with Crippen molar-refractivity contribution >= 4 is 56.1 Å². The summed E-state index contributed by atoms with van der Waals surface area (Å²) in [5.74, 6) is -0.929. The molecule has 0 aliphatic carbocycles. The Morgan fingerprint density at radius 1 is 1.18 bits per heavy atom. The predicted molar refractivity (Wildman–Crippen MR) is 90.9 cm³/mol. The zero-order valence-corrected chi connectivity index (χ0v) is 17.6. The molecule has 0 saturated heterocycles. The quantitative estimate of drug-likeness (QED) is 0.367. The van der Waals surface area contributed by atoms with Gasteiger partial charge in [0.15, 0.2) is 0 Å². The minimum absolute atomic E-state index is 0.109. The molecule has 0 aliphatic rings. The molecule has 6 heteroatoms. The molecule has 0 saturated carbocycles. The Morgan fingerprint density at radius 2 is 1.73 bits per heavy atom. The third-order valence-corrected chi connectivity index (χ3v) is 2.27. The number of esters is 1. The van der Waals surface area contributed by atoms with Gasteiger partial charge in [-0.2, -0.15) is 0 Å². The predicted octanol–water partition coefficient (Wildman–Crippen LogP) is 3.33. The Morgan fingerprint density at radius 3 is 2.18 bits per heavy atom. The summed E-state index contributed by atoms with van der Waals surface area (Å²) in [5.41, 5.74) is 1.60. The van der Waals surface area contributed by atoms with Crippen LogP contribution in [0.3, 0.4) is 0 Å². The number of benzene rings is 1. The molecule has 0 aromatic heterocycles. The van der Waals surface area contributed by atoms with E-state index in [1.165, 1.54) is 13.2 Å². The van der Waals surface area contributed by atoms with Gasteiger partial charge in [-0.25, -0.2) is 4.79 Å². The van der Waals surface area contributed by atoms with Crippen LogP contribution in [0.5, 0.6) is 0 Å². The van der Waals surface area contributed by atoms with Crippen molar-refractivity contribution in [2.75, 3.05) is 7.11 Å². The number of methoxy groups -OCH3 is 1. The summed E-state index contributed by atoms with van der Waals surface area (Å²) in [6.07, 6.45) is 3.26. The first-order valence-corrected chi connectivity index (χ1v) is 14.8. The van der Waals surface area contributed by atoms with E-state index in [-0.39, 0.29) is 11.6 Å². The van der Waals surface area contributed by atoms with E-state index in [0.717, 1.165) is 5.57 Å². The number of ether oxygens (including phenoxy) is 1. The van der Waals surface area contributed by atoms with Crippen molar-refractivity contribution < 1.29 is 14.3 Å². The van der Waals surface area contributed by atoms with E-state index in [1.54, 1.807) is 30.3 Å². The zero-order chi connectivity index (χ0) is 17.0. The van der Waals surface area contributed by atoms with Crippen molar-refractivity contribution in [2.45, 2.75) is 15.7 Å². The molecule has 0 aliphatic heterocycles. The minimum atomic E-state index is -0.582. The van der Waals surface area contributed by atoms with Crippen molar-refractivity contribution in [1.82, 2.24) is 5.32 Å². The molecule has 0 spiro atoms. The van der Waals surface area contributed by atoms with Gasteiger partial charge < -0.3 is 10.1 Å². The molecule has 1 aromatic rings. The molecule has 0 unspecified atom stereocenters. The molecule has 0 atom stereocenters. The molecular weight excluding hydrogens is 377 g/mol. The molecule has 1 amide bonds. The van der Waals surface area contributed by atoms with Gasteiger partial charge in [0, 0.05) is 5.56 Å². The summed E-state index contributed by atoms with van der Waals surface area (Å²) in [7, 11) is 1.27. The van der Waals surface area contributed by atoms with Gasteiger partial charge in [0.05, 0.1) is 7.11 Å². The molecule has 0 fully saturated rings. The standard InChI is InChI=1S/C15H17NO3.CH3.ClH.Sr/c1-11(2)9-10-13(15(18)19-3)16-14(17)12-7-5-4-6-8-12;;;/h4-10H,1-3H3,(H,16,17);1H3;1H;/q;;;+1/p-1/b13-10-;;;. The Balaban J connectivity index is 0.00000135. The van der Waals surface area contributed by atoms with Gasteiger partial charge in [0.2, 0.25) is 0 Å². The Bertz CT molecular complexity index is 538. The molecule has 22 heavy (non-hydrogen) atoms. The Kier molecular flexibility index (Phi) is 12.6. The molecule has 0 radical (unpaired) electrons. The van der Waals surface area contributed by atoms with Gasteiger partial charge in [-0.05, 0) is 32.1 Å². The van der Waals surface area contributed by atoms with Crippen molar-refractivity contribution in [3.63, 3.8) is 0 Å². The van der Waals surface area contributed by atoms with Gasteiger partial charge in [0.1, 0.15) is 5.70 Å². The van der Waals surface area contributed by atoms with Crippen molar-refractivity contribution in [1.29, 1.82) is 0 Å². The van der Waals surface area contributed by atoms with Crippen LogP contribution in [0.1, 0.15) is 24.2 Å². The molecular formula is C16H20ClNO3Sr. The summed E-state index contributed by atoms with van der Waals surface area (Å²) < 4.78 is 6.73. The molecule has 0 heterocycles. The van der Waals surface area contributed by atoms with Crippen LogP contribution in [0.15, 0.2) is 53.8 Å². The van der Waals surface area contributed by atoms with Crippen molar-refractivity contribution in [2.24, 2.45) is 0 Å². The van der Waals surface area contributed by atoms with E-state index < -0.39 is 45.3 Å². The molecule has 1 N–H and O–H groups in total. The van der Waals surface area contributed by atoms with Crippen molar-refractivity contribution in [3.05, 3.63) is 59.3 Å². The first-order valence-electron chi connectivity index (χ1n) is 6.82. The third kappa shape index (κ3) is 9.43. The summed E-state index contributed by atoms with van der Waals surface area (Å²) >= 11 is -0.538. The Hall–Kier alpha value is -0.589. The monoisotopic (exact) mass is 397 g/mol. The van der Waals surface area contributed by atoms with Crippen LogP contribution >= 0.6 is 4.91 Å². The van der Waals surface area contributed by atoms with Crippen LogP contribution < -0.4 is 5.32 Å². The fourth-order valence-electron chi connectivity index (χ4n) is 1.30. The van der Waals surface area contributed by atoms with Crippen LogP contribution in [-0.4, -0.2) is 58.3 Å². The van der Waals surface area contributed by atoms with E-state index in [1.807, 2.05) is 19.9 Å². The van der Waals surface area contributed by atoms with Crippen LogP contribution in [0.25, 0.3) is 0 Å². The number of nitrogens with one attached hydrogen (secondary N) is 1. The number of hydrogen-bond donors (Lipinski definition) is 1. The SMILES string of the molecule is COC(=O)/C(=C/C=C(C)C)NC(=O)c1ccccc1.[CH3][Sr][Cl]. The van der Waals surface area contributed by atoms with E-state index >= 15 is 0 Å². The van der Waals surface area contributed by atoms with Gasteiger partial charge >= 0.3 is 52.1 Å². The molecule has 4 nitrogen and oxygen atoms in total. The molecule has 1 rings (SSSR count). The maximum atomic E-state index is 11.9. The van der Waals surface area contributed by atoms with E-state index in [4.69, 9.17) is 4.91 Å². The second kappa shape index (κ2) is 12.9. The first-order chi connectivity index (χ1) is 10.5. The second-order valence-corrected chi connectivity index (χ2v) is 8.88. The number of hydrogen-bond acceptors (Lipinski definition) is 3. The average molecular weight is 397 g/mol. The number of amides is 1. The number of carbonyl (C=O) groups excluding carboxylic acids is 2. The fourth-order valence-corrected chi connectivity index (χ4v) is 1.30. The number of allylic oxidation sites excluding steroid dienone is 3. The van der Waals surface area contributed by atoms with Gasteiger partial charge in [-0.3, -0.25) is 4.79 Å². The molecule has 116 valence electrons. The van der Waals surface area contributed by atoms with Crippen LogP contribution in [-0.2, 0) is 9.53 Å². The number of carbonyl (C=O) groups is 2. The van der Waals surface area contributed by atoms with Crippen molar-refractivity contribution in [3.8, 4) is 0 Å². The fraction of sp³-hybridized carbons (Fsp3) is 0.250. The molecule has 1 aromatic carbocycles. The first kappa shape index (κ1) is 21.4. The van der Waals surface area contributed by atoms with E-state index in [0.29, 0.717) is 5.56 Å². The summed E-state index contributed by atoms with van der Waals surface area (Å²) in [5, 5.41) is 2.54. The van der Waals surface area contributed by atoms with E-state index in [2.05, 4.69) is 11.9 Å². The zero-order valence-electron chi connectivity index (χ0n) is 13.4. The topological polar surface area (TPSA) is 55.4 Å². The summed E-state index contributed by atoms with van der Waals surface area (Å²) in [6, 6.07) is 8.67. The summed E-state index contributed by atoms with van der Waals surface area (Å²) in [6.45, 7) is 3.79. The van der Waals surface area contributed by atoms with Gasteiger partial charge in [-0.15, -0.1) is 0 Å². The van der Waals surface area contributed by atoms with Gasteiger partial charge in [0.25, 0.3) is 5.91 Å². The van der Waals surface area contributed by atoms with Crippen LogP contribution in [0.2, 0.25) is 1.89 Å². The maximum absolute atomic E-state index is 11.9. The normalized spacial score (nSPS) is 9.59. The summed E-state index contributed by atoms with van der Waals surface area (Å²) in [4.78, 5) is 28.7. The van der Waals surface area contributed by atoms with Crippen LogP contribution in [0, 0.1) is 0 Å². The van der Waals surface area contributed by atoms with Gasteiger partial charge in [-0.1, -0.05) is 29.8 Å². The van der Waals surface area contributed by atoms with Crippen LogP contribution in [0.4, 0.5) is 0 Å². The van der Waals surface area contributed by atoms with E-state index in [9.17, 15) is 9.59 Å². The Labute approximate surface area is 156 Å². The average Bonchev–Trinajstić information content (AvgIpc) is 2.51. The third-order valence-electron chi connectivity index (χ3n) is 2.27. The number of halogens is 1.